The first-order valence-electron chi connectivity index (χ1n) is 5.62. The molecule has 2 rings (SSSR count). The van der Waals surface area contributed by atoms with Gasteiger partial charge in [0.15, 0.2) is 0 Å². The normalized spacial score (nSPS) is 25.6. The lowest BCUT2D eigenvalue weighted by atomic mass is 10.1. The number of alkyl halides is 2. The van der Waals surface area contributed by atoms with Crippen molar-refractivity contribution in [3.8, 4) is 0 Å². The first-order valence-corrected chi connectivity index (χ1v) is 6.37. The molecule has 1 heterocycles. The molecule has 1 aromatic rings. The number of aryl methyl sites for hydroxylation is 1. The molecule has 0 radical (unpaired) electrons. The van der Waals surface area contributed by atoms with Crippen molar-refractivity contribution < 1.29 is 4.79 Å². The Morgan fingerprint density at radius 1 is 1.65 bits per heavy atom. The maximum atomic E-state index is 12.0. The van der Waals surface area contributed by atoms with Gasteiger partial charge in [0.05, 0.1) is 11.6 Å². The summed E-state index contributed by atoms with van der Waals surface area (Å²) in [7, 11) is 0. The molecule has 0 bridgehead atoms. The van der Waals surface area contributed by atoms with Gasteiger partial charge in [0.25, 0.3) is 0 Å². The van der Waals surface area contributed by atoms with E-state index in [2.05, 4.69) is 17.3 Å². The molecule has 4 nitrogen and oxygen atoms in total. The summed E-state index contributed by atoms with van der Waals surface area (Å²) in [4.78, 5) is 12.0. The van der Waals surface area contributed by atoms with E-state index in [1.807, 2.05) is 0 Å². The first-order chi connectivity index (χ1) is 7.90. The number of hydrogen-bond acceptors (Lipinski definition) is 2. The van der Waals surface area contributed by atoms with Crippen molar-refractivity contribution in [2.75, 3.05) is 5.32 Å². The molecule has 1 aliphatic carbocycles. The predicted octanol–water partition coefficient (Wildman–Crippen LogP) is 2.82. The fraction of sp³-hybridized carbons (Fsp3) is 0.636. The monoisotopic (exact) mass is 275 g/mol. The minimum Gasteiger partial charge on any atom is -0.310 e. The van der Waals surface area contributed by atoms with Crippen LogP contribution in [0.25, 0.3) is 0 Å². The standard InChI is InChI=1S/C11H15Cl2N3O/c1-3-6-16-8(4-5-14-16)15-9(17)10(2)7-11(10,12)13/h4-5H,3,6-7H2,1-2H3,(H,15,17)/t10-/m0/s1. The summed E-state index contributed by atoms with van der Waals surface area (Å²) in [5.74, 6) is 0.537. The minimum atomic E-state index is -0.938. The Balaban J connectivity index is 2.07. The van der Waals surface area contributed by atoms with Gasteiger partial charge in [-0.3, -0.25) is 4.79 Å². The van der Waals surface area contributed by atoms with Crippen LogP contribution in [0.5, 0.6) is 0 Å². The molecular weight excluding hydrogens is 261 g/mol. The smallest absolute Gasteiger partial charge is 0.234 e. The van der Waals surface area contributed by atoms with Gasteiger partial charge in [-0.15, -0.1) is 23.2 Å². The number of aromatic nitrogens is 2. The molecule has 1 amide bonds. The van der Waals surface area contributed by atoms with Gasteiger partial charge in [0.2, 0.25) is 5.91 Å². The van der Waals surface area contributed by atoms with Gasteiger partial charge >= 0.3 is 0 Å². The summed E-state index contributed by atoms with van der Waals surface area (Å²) in [5, 5.41) is 6.96. The molecule has 6 heteroatoms. The molecule has 0 unspecified atom stereocenters. The number of carbonyl (C=O) groups excluding carboxylic acids is 1. The van der Waals surface area contributed by atoms with Crippen LogP contribution in [0.3, 0.4) is 0 Å². The Hall–Kier alpha value is -0.740. The Bertz CT molecular complexity index is 444. The van der Waals surface area contributed by atoms with Gasteiger partial charge in [-0.2, -0.15) is 5.10 Å². The Labute approximate surface area is 110 Å². The van der Waals surface area contributed by atoms with Crippen LogP contribution in [0.15, 0.2) is 12.3 Å². The molecule has 1 fully saturated rings. The lowest BCUT2D eigenvalue weighted by Crippen LogP contribution is -2.27. The molecule has 0 aromatic carbocycles. The van der Waals surface area contributed by atoms with Crippen LogP contribution >= 0.6 is 23.2 Å². The highest BCUT2D eigenvalue weighted by Gasteiger charge is 2.68. The van der Waals surface area contributed by atoms with Crippen molar-refractivity contribution in [1.82, 2.24) is 9.78 Å². The van der Waals surface area contributed by atoms with Crippen LogP contribution in [-0.2, 0) is 11.3 Å². The second-order valence-corrected chi connectivity index (χ2v) is 6.09. The van der Waals surface area contributed by atoms with Crippen molar-refractivity contribution in [3.05, 3.63) is 12.3 Å². The molecule has 1 aromatic heterocycles. The number of amides is 1. The van der Waals surface area contributed by atoms with Crippen molar-refractivity contribution in [1.29, 1.82) is 0 Å². The SMILES string of the molecule is CCCn1nccc1NC(=O)[C@]1(C)CC1(Cl)Cl. The van der Waals surface area contributed by atoms with E-state index in [1.54, 1.807) is 23.9 Å². The third-order valence-corrected chi connectivity index (χ3v) is 4.25. The summed E-state index contributed by atoms with van der Waals surface area (Å²) in [6, 6.07) is 1.77. The average Bonchev–Trinajstić information content (AvgIpc) is 2.60. The first kappa shape index (κ1) is 12.7. The number of halogens is 2. The summed E-state index contributed by atoms with van der Waals surface area (Å²) in [5.41, 5.74) is -0.697. The lowest BCUT2D eigenvalue weighted by Gasteiger charge is -2.13. The summed E-state index contributed by atoms with van der Waals surface area (Å²) >= 11 is 11.9. The van der Waals surface area contributed by atoms with Crippen molar-refractivity contribution >= 4 is 34.9 Å². The van der Waals surface area contributed by atoms with E-state index in [4.69, 9.17) is 23.2 Å². The number of nitrogens with zero attached hydrogens (tertiary/aromatic N) is 2. The number of anilines is 1. The third-order valence-electron chi connectivity index (χ3n) is 3.15. The number of carbonyl (C=O) groups is 1. The van der Waals surface area contributed by atoms with Gasteiger partial charge in [-0.1, -0.05) is 6.92 Å². The van der Waals surface area contributed by atoms with E-state index in [0.29, 0.717) is 12.2 Å². The highest BCUT2D eigenvalue weighted by molar-refractivity contribution is 6.53. The quantitative estimate of drug-likeness (QED) is 0.859. The number of hydrogen-bond donors (Lipinski definition) is 1. The summed E-state index contributed by atoms with van der Waals surface area (Å²) < 4.78 is 0.820. The molecule has 1 saturated carbocycles. The van der Waals surface area contributed by atoms with E-state index in [-0.39, 0.29) is 5.91 Å². The third kappa shape index (κ3) is 2.16. The lowest BCUT2D eigenvalue weighted by molar-refractivity contribution is -0.120. The van der Waals surface area contributed by atoms with E-state index in [0.717, 1.165) is 13.0 Å². The Kier molecular flexibility index (Phi) is 3.12. The molecule has 0 saturated heterocycles. The van der Waals surface area contributed by atoms with Gasteiger partial charge < -0.3 is 5.32 Å². The molecule has 17 heavy (non-hydrogen) atoms. The van der Waals surface area contributed by atoms with Gasteiger partial charge in [-0.05, 0) is 19.8 Å². The van der Waals surface area contributed by atoms with Crippen LogP contribution in [0, 0.1) is 5.41 Å². The topological polar surface area (TPSA) is 46.9 Å². The van der Waals surface area contributed by atoms with E-state index in [1.165, 1.54) is 0 Å². The van der Waals surface area contributed by atoms with Crippen LogP contribution in [0.1, 0.15) is 26.7 Å². The largest absolute Gasteiger partial charge is 0.310 e. The maximum absolute atomic E-state index is 12.0. The average molecular weight is 276 g/mol. The van der Waals surface area contributed by atoms with Gasteiger partial charge in [0.1, 0.15) is 10.2 Å². The molecule has 1 aliphatic rings. The Morgan fingerprint density at radius 3 is 2.82 bits per heavy atom. The fourth-order valence-electron chi connectivity index (χ4n) is 1.73. The summed E-state index contributed by atoms with van der Waals surface area (Å²) in [6.45, 7) is 4.59. The van der Waals surface area contributed by atoms with Gasteiger partial charge in [0, 0.05) is 12.6 Å². The van der Waals surface area contributed by atoms with E-state index in [9.17, 15) is 4.79 Å². The van der Waals surface area contributed by atoms with Crippen molar-refractivity contribution in [2.45, 2.75) is 37.6 Å². The van der Waals surface area contributed by atoms with Crippen LogP contribution in [0.2, 0.25) is 0 Å². The molecule has 1 atom stereocenters. The zero-order valence-corrected chi connectivity index (χ0v) is 11.3. The Morgan fingerprint density at radius 2 is 2.29 bits per heavy atom. The molecule has 0 spiro atoms. The van der Waals surface area contributed by atoms with Crippen LogP contribution in [-0.4, -0.2) is 20.0 Å². The van der Waals surface area contributed by atoms with E-state index >= 15 is 0 Å². The van der Waals surface area contributed by atoms with Crippen LogP contribution in [0.4, 0.5) is 5.82 Å². The second-order valence-electron chi connectivity index (χ2n) is 4.61. The summed E-state index contributed by atoms with van der Waals surface area (Å²) in [6.07, 6.45) is 3.10. The van der Waals surface area contributed by atoms with Crippen molar-refractivity contribution in [2.24, 2.45) is 5.41 Å². The van der Waals surface area contributed by atoms with Gasteiger partial charge in [-0.25, -0.2) is 4.68 Å². The number of rotatable bonds is 4. The highest BCUT2D eigenvalue weighted by Crippen LogP contribution is 2.64. The second kappa shape index (κ2) is 4.18. The molecule has 1 N–H and O–H groups in total. The zero-order chi connectivity index (χ0) is 12.7. The fourth-order valence-corrected chi connectivity index (χ4v) is 2.44. The number of nitrogens with one attached hydrogen (secondary N) is 1. The predicted molar refractivity (Wildman–Crippen MR) is 68.3 cm³/mol. The molecule has 0 aliphatic heterocycles. The minimum absolute atomic E-state index is 0.152. The van der Waals surface area contributed by atoms with Crippen LogP contribution < -0.4 is 5.32 Å². The zero-order valence-electron chi connectivity index (χ0n) is 9.83. The highest BCUT2D eigenvalue weighted by atomic mass is 35.5. The van der Waals surface area contributed by atoms with E-state index < -0.39 is 9.75 Å². The van der Waals surface area contributed by atoms with Crippen molar-refractivity contribution in [3.63, 3.8) is 0 Å². The molecule has 94 valence electrons. The maximum Gasteiger partial charge on any atom is 0.234 e. The molecular formula is C11H15Cl2N3O.